The highest BCUT2D eigenvalue weighted by molar-refractivity contribution is 5.78. The number of alkyl halides is 3. The largest absolute Gasteiger partial charge is 0.495 e. The molecule has 0 saturated heterocycles. The van der Waals surface area contributed by atoms with Crippen LogP contribution in [0.2, 0.25) is 0 Å². The van der Waals surface area contributed by atoms with Crippen LogP contribution < -0.4 is 16.2 Å². The van der Waals surface area contributed by atoms with E-state index < -0.39 is 17.5 Å². The quantitative estimate of drug-likeness (QED) is 0.879. The van der Waals surface area contributed by atoms with Gasteiger partial charge in [0, 0.05) is 5.56 Å². The van der Waals surface area contributed by atoms with Gasteiger partial charge in [0.05, 0.1) is 18.4 Å². The number of nitrogen functional groups attached to an aromatic ring is 2. The summed E-state index contributed by atoms with van der Waals surface area (Å²) in [4.78, 5) is 7.44. The van der Waals surface area contributed by atoms with Crippen molar-refractivity contribution in [2.45, 2.75) is 6.18 Å². The molecule has 114 valence electrons. The van der Waals surface area contributed by atoms with Crippen LogP contribution in [0.4, 0.5) is 24.9 Å². The van der Waals surface area contributed by atoms with E-state index in [0.29, 0.717) is 0 Å². The van der Waals surface area contributed by atoms with E-state index in [-0.39, 0.29) is 28.6 Å². The molecule has 0 fully saturated rings. The highest BCUT2D eigenvalue weighted by Gasteiger charge is 2.36. The van der Waals surface area contributed by atoms with Crippen LogP contribution in [-0.2, 0) is 6.18 Å². The molecule has 22 heavy (non-hydrogen) atoms. The summed E-state index contributed by atoms with van der Waals surface area (Å²) in [6, 6.07) is 5.13. The second-order valence-corrected chi connectivity index (χ2v) is 4.19. The molecule has 0 aliphatic rings. The molecule has 1 aromatic carbocycles. The van der Waals surface area contributed by atoms with Gasteiger partial charge in [0.2, 0.25) is 5.95 Å². The van der Waals surface area contributed by atoms with Crippen LogP contribution >= 0.6 is 0 Å². The van der Waals surface area contributed by atoms with Gasteiger partial charge in [-0.3, -0.25) is 0 Å². The third kappa shape index (κ3) is 2.58. The number of anilines is 2. The standard InChI is InChI=1S/C13H10F3N5O/c1-22-10-6(3-2-4-8(10)13(14,15)16)9-7(5-17)11(18)21-12(19)20-9/h2-4H,1H3,(H4,18,19,20,21). The van der Waals surface area contributed by atoms with Crippen LogP contribution in [0.5, 0.6) is 5.75 Å². The first-order chi connectivity index (χ1) is 10.3. The fourth-order valence-electron chi connectivity index (χ4n) is 1.97. The number of hydrogen-bond acceptors (Lipinski definition) is 6. The molecule has 0 spiro atoms. The Balaban J connectivity index is 2.83. The Hall–Kier alpha value is -3.02. The molecule has 2 rings (SSSR count). The predicted octanol–water partition coefficient (Wildman–Crippen LogP) is 2.21. The van der Waals surface area contributed by atoms with Crippen molar-refractivity contribution in [3.8, 4) is 23.1 Å². The molecule has 0 amide bonds. The van der Waals surface area contributed by atoms with E-state index in [9.17, 15) is 13.2 Å². The maximum Gasteiger partial charge on any atom is 0.419 e. The molecule has 2 aromatic rings. The molecule has 0 bridgehead atoms. The summed E-state index contributed by atoms with van der Waals surface area (Å²) in [6.45, 7) is 0. The molecular formula is C13H10F3N5O. The number of nitrogens with zero attached hydrogens (tertiary/aromatic N) is 3. The number of nitriles is 1. The molecule has 6 nitrogen and oxygen atoms in total. The van der Waals surface area contributed by atoms with E-state index in [0.717, 1.165) is 13.2 Å². The summed E-state index contributed by atoms with van der Waals surface area (Å²) in [5, 5.41) is 9.13. The number of benzene rings is 1. The van der Waals surface area contributed by atoms with E-state index >= 15 is 0 Å². The van der Waals surface area contributed by atoms with Crippen LogP contribution in [0.1, 0.15) is 11.1 Å². The third-order valence-corrected chi connectivity index (χ3v) is 2.85. The summed E-state index contributed by atoms with van der Waals surface area (Å²) in [6.07, 6.45) is -4.63. The van der Waals surface area contributed by atoms with E-state index in [1.807, 2.05) is 0 Å². The van der Waals surface area contributed by atoms with Gasteiger partial charge in [0.1, 0.15) is 23.2 Å². The molecule has 0 radical (unpaired) electrons. The maximum atomic E-state index is 13.0. The minimum atomic E-state index is -4.63. The minimum Gasteiger partial charge on any atom is -0.495 e. The molecule has 0 saturated carbocycles. The molecule has 4 N–H and O–H groups in total. The lowest BCUT2D eigenvalue weighted by atomic mass is 10.0. The van der Waals surface area contributed by atoms with Crippen LogP contribution in [-0.4, -0.2) is 17.1 Å². The van der Waals surface area contributed by atoms with Crippen molar-refractivity contribution in [3.63, 3.8) is 0 Å². The average molecular weight is 309 g/mol. The van der Waals surface area contributed by atoms with Gasteiger partial charge < -0.3 is 16.2 Å². The fourth-order valence-corrected chi connectivity index (χ4v) is 1.97. The molecule has 1 aromatic heterocycles. The molecular weight excluding hydrogens is 299 g/mol. The highest BCUT2D eigenvalue weighted by atomic mass is 19.4. The van der Waals surface area contributed by atoms with Crippen LogP contribution in [0.15, 0.2) is 18.2 Å². The lowest BCUT2D eigenvalue weighted by Gasteiger charge is -2.16. The van der Waals surface area contributed by atoms with E-state index in [4.69, 9.17) is 21.5 Å². The van der Waals surface area contributed by atoms with Crippen molar-refractivity contribution in [3.05, 3.63) is 29.3 Å². The van der Waals surface area contributed by atoms with E-state index in [1.165, 1.54) is 12.1 Å². The van der Waals surface area contributed by atoms with Crippen molar-refractivity contribution in [2.24, 2.45) is 0 Å². The highest BCUT2D eigenvalue weighted by Crippen LogP contribution is 2.42. The number of halogens is 3. The van der Waals surface area contributed by atoms with Crippen molar-refractivity contribution >= 4 is 11.8 Å². The van der Waals surface area contributed by atoms with Crippen molar-refractivity contribution in [1.29, 1.82) is 5.26 Å². The number of nitrogens with two attached hydrogens (primary N) is 2. The average Bonchev–Trinajstić information content (AvgIpc) is 2.44. The normalized spacial score (nSPS) is 11.0. The molecule has 0 atom stereocenters. The summed E-state index contributed by atoms with van der Waals surface area (Å²) in [5.74, 6) is -0.945. The zero-order valence-corrected chi connectivity index (χ0v) is 11.3. The van der Waals surface area contributed by atoms with Gasteiger partial charge in [0.25, 0.3) is 0 Å². The number of hydrogen-bond donors (Lipinski definition) is 2. The number of rotatable bonds is 2. The number of aromatic nitrogens is 2. The Morgan fingerprint density at radius 1 is 1.23 bits per heavy atom. The number of methoxy groups -OCH3 is 1. The van der Waals surface area contributed by atoms with Crippen LogP contribution in [0.3, 0.4) is 0 Å². The SMILES string of the molecule is COc1c(-c2nc(N)nc(N)c2C#N)cccc1C(F)(F)F. The van der Waals surface area contributed by atoms with E-state index in [2.05, 4.69) is 9.97 Å². The Labute approximate surface area is 123 Å². The van der Waals surface area contributed by atoms with Crippen molar-refractivity contribution < 1.29 is 17.9 Å². The van der Waals surface area contributed by atoms with Gasteiger partial charge in [0.15, 0.2) is 0 Å². The van der Waals surface area contributed by atoms with Gasteiger partial charge in [-0.25, -0.2) is 4.98 Å². The number of para-hydroxylation sites is 1. The van der Waals surface area contributed by atoms with Gasteiger partial charge >= 0.3 is 6.18 Å². The zero-order chi connectivity index (χ0) is 16.5. The van der Waals surface area contributed by atoms with Gasteiger partial charge in [-0.05, 0) is 12.1 Å². The molecule has 0 unspecified atom stereocenters. The molecule has 0 aliphatic heterocycles. The van der Waals surface area contributed by atoms with Gasteiger partial charge in [-0.15, -0.1) is 0 Å². The van der Waals surface area contributed by atoms with Gasteiger partial charge in [-0.1, -0.05) is 6.07 Å². The predicted molar refractivity (Wildman–Crippen MR) is 72.6 cm³/mol. The van der Waals surface area contributed by atoms with Crippen molar-refractivity contribution in [2.75, 3.05) is 18.6 Å². The van der Waals surface area contributed by atoms with E-state index in [1.54, 1.807) is 6.07 Å². The number of ether oxygens (including phenoxy) is 1. The fraction of sp³-hybridized carbons (Fsp3) is 0.154. The lowest BCUT2D eigenvalue weighted by molar-refractivity contribution is -0.138. The first kappa shape index (κ1) is 15.4. The Kier molecular flexibility index (Phi) is 3.77. The maximum absolute atomic E-state index is 13.0. The molecule has 0 aliphatic carbocycles. The monoisotopic (exact) mass is 309 g/mol. The minimum absolute atomic E-state index is 0.0466. The first-order valence-corrected chi connectivity index (χ1v) is 5.87. The summed E-state index contributed by atoms with van der Waals surface area (Å²) >= 11 is 0. The Morgan fingerprint density at radius 2 is 1.91 bits per heavy atom. The topological polar surface area (TPSA) is 111 Å². The first-order valence-electron chi connectivity index (χ1n) is 5.87. The second kappa shape index (κ2) is 5.40. The molecule has 1 heterocycles. The summed E-state index contributed by atoms with van der Waals surface area (Å²) < 4.78 is 44.0. The zero-order valence-electron chi connectivity index (χ0n) is 11.3. The van der Waals surface area contributed by atoms with Crippen LogP contribution in [0.25, 0.3) is 11.3 Å². The Bertz CT molecular complexity index is 767. The van der Waals surface area contributed by atoms with Crippen LogP contribution in [0, 0.1) is 11.3 Å². The Morgan fingerprint density at radius 3 is 2.45 bits per heavy atom. The molecule has 9 heteroatoms. The lowest BCUT2D eigenvalue weighted by Crippen LogP contribution is -2.10. The summed E-state index contributed by atoms with van der Waals surface area (Å²) in [7, 11) is 1.09. The summed E-state index contributed by atoms with van der Waals surface area (Å²) in [5.41, 5.74) is 9.70. The van der Waals surface area contributed by atoms with Gasteiger partial charge in [-0.2, -0.15) is 23.4 Å². The smallest absolute Gasteiger partial charge is 0.419 e. The third-order valence-electron chi connectivity index (χ3n) is 2.85. The van der Waals surface area contributed by atoms with Crippen molar-refractivity contribution in [1.82, 2.24) is 9.97 Å². The second-order valence-electron chi connectivity index (χ2n) is 4.19.